The first-order valence-electron chi connectivity index (χ1n) is 8.07. The molecular formula is C18H30N2. The molecule has 1 heterocycles. The van der Waals surface area contributed by atoms with Gasteiger partial charge >= 0.3 is 0 Å². The standard InChI is InChI=1S/C18H30N2/c1-6-16-12-19-18(5,7-2)13-20(16)15(4)17-11-9-8-10-14(17)3/h8-11,15-16,19H,6-7,12-13H2,1-5H3. The molecule has 20 heavy (non-hydrogen) atoms. The number of rotatable bonds is 4. The average molecular weight is 274 g/mol. The molecule has 1 fully saturated rings. The molecule has 2 nitrogen and oxygen atoms in total. The number of nitrogens with one attached hydrogen (secondary N) is 1. The lowest BCUT2D eigenvalue weighted by Gasteiger charge is -2.48. The third-order valence-corrected chi connectivity index (χ3v) is 5.15. The van der Waals surface area contributed by atoms with Crippen molar-refractivity contribution >= 4 is 0 Å². The SMILES string of the molecule is CCC1CNC(C)(CC)CN1C(C)c1ccccc1C. The maximum Gasteiger partial charge on any atom is 0.0326 e. The molecule has 0 aliphatic carbocycles. The fourth-order valence-corrected chi connectivity index (χ4v) is 3.37. The average Bonchev–Trinajstić information content (AvgIpc) is 2.47. The van der Waals surface area contributed by atoms with E-state index < -0.39 is 0 Å². The van der Waals surface area contributed by atoms with Crippen LogP contribution in [-0.4, -0.2) is 29.6 Å². The van der Waals surface area contributed by atoms with Gasteiger partial charge in [0.2, 0.25) is 0 Å². The third kappa shape index (κ3) is 3.07. The number of aryl methyl sites for hydroxylation is 1. The minimum absolute atomic E-state index is 0.253. The summed E-state index contributed by atoms with van der Waals surface area (Å²) in [4.78, 5) is 2.71. The van der Waals surface area contributed by atoms with E-state index in [2.05, 4.69) is 69.1 Å². The Kier molecular flexibility index (Phi) is 4.87. The van der Waals surface area contributed by atoms with Gasteiger partial charge in [-0.1, -0.05) is 38.1 Å². The maximum absolute atomic E-state index is 3.76. The van der Waals surface area contributed by atoms with Crippen molar-refractivity contribution in [2.45, 2.75) is 65.1 Å². The van der Waals surface area contributed by atoms with Crippen LogP contribution in [-0.2, 0) is 0 Å². The van der Waals surface area contributed by atoms with E-state index in [0.717, 1.165) is 13.1 Å². The van der Waals surface area contributed by atoms with Gasteiger partial charge in [-0.15, -0.1) is 0 Å². The number of nitrogens with zero attached hydrogens (tertiary/aromatic N) is 1. The molecule has 0 amide bonds. The minimum atomic E-state index is 0.253. The molecule has 1 aromatic carbocycles. The van der Waals surface area contributed by atoms with E-state index in [4.69, 9.17) is 0 Å². The third-order valence-electron chi connectivity index (χ3n) is 5.15. The Labute approximate surface area is 124 Å². The summed E-state index contributed by atoms with van der Waals surface area (Å²) in [5.41, 5.74) is 3.14. The highest BCUT2D eigenvalue weighted by atomic mass is 15.3. The van der Waals surface area contributed by atoms with Crippen molar-refractivity contribution in [1.29, 1.82) is 0 Å². The van der Waals surface area contributed by atoms with Gasteiger partial charge in [-0.05, 0) is 44.7 Å². The molecule has 0 saturated carbocycles. The van der Waals surface area contributed by atoms with Crippen LogP contribution in [0.2, 0.25) is 0 Å². The summed E-state index contributed by atoms with van der Waals surface area (Å²) in [7, 11) is 0. The predicted octanol–water partition coefficient (Wildman–Crippen LogP) is 3.91. The van der Waals surface area contributed by atoms with E-state index in [-0.39, 0.29) is 5.54 Å². The van der Waals surface area contributed by atoms with Crippen LogP contribution in [0.1, 0.15) is 57.7 Å². The molecule has 1 aliphatic rings. The molecule has 112 valence electrons. The number of piperazine rings is 1. The minimum Gasteiger partial charge on any atom is -0.309 e. The van der Waals surface area contributed by atoms with Crippen LogP contribution < -0.4 is 5.32 Å². The Morgan fingerprint density at radius 3 is 2.65 bits per heavy atom. The van der Waals surface area contributed by atoms with Crippen LogP contribution in [0, 0.1) is 6.92 Å². The zero-order valence-corrected chi connectivity index (χ0v) is 13.7. The molecule has 3 unspecified atom stereocenters. The summed E-state index contributed by atoms with van der Waals surface area (Å²) in [6.45, 7) is 13.8. The molecule has 1 aromatic rings. The van der Waals surface area contributed by atoms with Crippen molar-refractivity contribution in [3.63, 3.8) is 0 Å². The zero-order chi connectivity index (χ0) is 14.8. The van der Waals surface area contributed by atoms with Crippen LogP contribution in [0.4, 0.5) is 0 Å². The van der Waals surface area contributed by atoms with E-state index in [0.29, 0.717) is 12.1 Å². The van der Waals surface area contributed by atoms with Gasteiger partial charge < -0.3 is 5.32 Å². The first kappa shape index (κ1) is 15.5. The van der Waals surface area contributed by atoms with E-state index >= 15 is 0 Å². The highest BCUT2D eigenvalue weighted by Gasteiger charge is 2.36. The smallest absolute Gasteiger partial charge is 0.0326 e. The Bertz CT molecular complexity index is 443. The summed E-state index contributed by atoms with van der Waals surface area (Å²) >= 11 is 0. The quantitative estimate of drug-likeness (QED) is 0.895. The lowest BCUT2D eigenvalue weighted by Crippen LogP contribution is -2.62. The van der Waals surface area contributed by atoms with Crippen LogP contribution in [0.25, 0.3) is 0 Å². The molecule has 1 saturated heterocycles. The molecule has 0 spiro atoms. The second kappa shape index (κ2) is 6.28. The molecule has 0 aromatic heterocycles. The fourth-order valence-electron chi connectivity index (χ4n) is 3.37. The van der Waals surface area contributed by atoms with E-state index in [1.165, 1.54) is 24.0 Å². The van der Waals surface area contributed by atoms with Gasteiger partial charge in [0.1, 0.15) is 0 Å². The molecule has 3 atom stereocenters. The van der Waals surface area contributed by atoms with Crippen molar-refractivity contribution in [2.75, 3.05) is 13.1 Å². The van der Waals surface area contributed by atoms with Crippen molar-refractivity contribution in [3.8, 4) is 0 Å². The summed E-state index contributed by atoms with van der Waals surface area (Å²) in [6.07, 6.45) is 2.39. The molecular weight excluding hydrogens is 244 g/mol. The second-order valence-corrected chi connectivity index (χ2v) is 6.56. The topological polar surface area (TPSA) is 15.3 Å². The molecule has 2 heteroatoms. The monoisotopic (exact) mass is 274 g/mol. The Morgan fingerprint density at radius 1 is 1.35 bits per heavy atom. The Morgan fingerprint density at radius 2 is 2.05 bits per heavy atom. The Hall–Kier alpha value is -0.860. The van der Waals surface area contributed by atoms with Crippen molar-refractivity contribution in [3.05, 3.63) is 35.4 Å². The molecule has 0 radical (unpaired) electrons. The van der Waals surface area contributed by atoms with Gasteiger partial charge in [-0.25, -0.2) is 0 Å². The first-order chi connectivity index (χ1) is 9.50. The largest absolute Gasteiger partial charge is 0.309 e. The summed E-state index contributed by atoms with van der Waals surface area (Å²) in [6, 6.07) is 9.96. The predicted molar refractivity (Wildman–Crippen MR) is 87.1 cm³/mol. The summed E-state index contributed by atoms with van der Waals surface area (Å²) in [5.74, 6) is 0. The number of hydrogen-bond donors (Lipinski definition) is 1. The molecule has 2 rings (SSSR count). The van der Waals surface area contributed by atoms with Crippen LogP contribution in [0.3, 0.4) is 0 Å². The zero-order valence-electron chi connectivity index (χ0n) is 13.7. The van der Waals surface area contributed by atoms with Gasteiger partial charge in [0.15, 0.2) is 0 Å². The van der Waals surface area contributed by atoms with Gasteiger partial charge in [-0.2, -0.15) is 0 Å². The fraction of sp³-hybridized carbons (Fsp3) is 0.667. The first-order valence-corrected chi connectivity index (χ1v) is 8.07. The number of benzene rings is 1. The second-order valence-electron chi connectivity index (χ2n) is 6.56. The summed E-state index contributed by atoms with van der Waals surface area (Å²) < 4.78 is 0. The van der Waals surface area contributed by atoms with Crippen molar-refractivity contribution < 1.29 is 0 Å². The molecule has 0 bridgehead atoms. The van der Waals surface area contributed by atoms with Crippen molar-refractivity contribution in [1.82, 2.24) is 10.2 Å². The molecule has 1 N–H and O–H groups in total. The normalized spacial score (nSPS) is 29.4. The van der Waals surface area contributed by atoms with Gasteiger partial charge in [0.25, 0.3) is 0 Å². The van der Waals surface area contributed by atoms with Gasteiger partial charge in [0.05, 0.1) is 0 Å². The highest BCUT2D eigenvalue weighted by Crippen LogP contribution is 2.31. The Balaban J connectivity index is 2.25. The van der Waals surface area contributed by atoms with Crippen LogP contribution in [0.5, 0.6) is 0 Å². The van der Waals surface area contributed by atoms with Gasteiger partial charge in [0, 0.05) is 30.7 Å². The number of hydrogen-bond acceptors (Lipinski definition) is 2. The van der Waals surface area contributed by atoms with E-state index in [9.17, 15) is 0 Å². The lowest BCUT2D eigenvalue weighted by molar-refractivity contribution is 0.0492. The highest BCUT2D eigenvalue weighted by molar-refractivity contribution is 5.28. The maximum atomic E-state index is 3.76. The molecule has 1 aliphatic heterocycles. The summed E-state index contributed by atoms with van der Waals surface area (Å²) in [5, 5.41) is 3.76. The van der Waals surface area contributed by atoms with E-state index in [1.807, 2.05) is 0 Å². The van der Waals surface area contributed by atoms with Crippen LogP contribution in [0.15, 0.2) is 24.3 Å². The van der Waals surface area contributed by atoms with Crippen molar-refractivity contribution in [2.24, 2.45) is 0 Å². The van der Waals surface area contributed by atoms with Gasteiger partial charge in [-0.3, -0.25) is 4.90 Å². The van der Waals surface area contributed by atoms with Crippen LogP contribution >= 0.6 is 0 Å². The lowest BCUT2D eigenvalue weighted by atomic mass is 9.90. The van der Waals surface area contributed by atoms with E-state index in [1.54, 1.807) is 0 Å².